The summed E-state index contributed by atoms with van der Waals surface area (Å²) in [6.07, 6.45) is 1.67. The lowest BCUT2D eigenvalue weighted by Crippen LogP contribution is -2.07. The zero-order valence-corrected chi connectivity index (χ0v) is 10.7. The Kier molecular flexibility index (Phi) is 4.10. The van der Waals surface area contributed by atoms with E-state index >= 15 is 0 Å². The highest BCUT2D eigenvalue weighted by Crippen LogP contribution is 2.38. The van der Waals surface area contributed by atoms with E-state index in [4.69, 9.17) is 19.9 Å². The van der Waals surface area contributed by atoms with Crippen LogP contribution in [-0.2, 0) is 6.42 Å². The van der Waals surface area contributed by atoms with Gasteiger partial charge >= 0.3 is 0 Å². The average Bonchev–Trinajstić information content (AvgIpc) is 2.83. The van der Waals surface area contributed by atoms with E-state index in [2.05, 4.69) is 13.5 Å². The molecule has 0 saturated heterocycles. The van der Waals surface area contributed by atoms with Gasteiger partial charge in [-0.3, -0.25) is 0 Å². The van der Waals surface area contributed by atoms with Gasteiger partial charge in [-0.15, -0.1) is 0 Å². The van der Waals surface area contributed by atoms with E-state index in [1.165, 1.54) is 0 Å². The van der Waals surface area contributed by atoms with Crippen LogP contribution in [0.25, 0.3) is 0 Å². The Balaban J connectivity index is 2.18. The lowest BCUT2D eigenvalue weighted by molar-refractivity contribution is 0.174. The highest BCUT2D eigenvalue weighted by Gasteiger charge is 2.17. The van der Waals surface area contributed by atoms with Gasteiger partial charge in [-0.05, 0) is 36.6 Å². The maximum atomic E-state index is 5.78. The normalized spacial score (nSPS) is 12.6. The monoisotopic (exact) mass is 249 g/mol. The van der Waals surface area contributed by atoms with Crippen LogP contribution in [0.3, 0.4) is 0 Å². The van der Waals surface area contributed by atoms with Gasteiger partial charge in [-0.2, -0.15) is 0 Å². The third kappa shape index (κ3) is 2.76. The maximum Gasteiger partial charge on any atom is 0.231 e. The second kappa shape index (κ2) is 5.78. The van der Waals surface area contributed by atoms with Gasteiger partial charge in [0.2, 0.25) is 6.79 Å². The van der Waals surface area contributed by atoms with Crippen molar-refractivity contribution < 1.29 is 14.2 Å². The zero-order chi connectivity index (χ0) is 13.0. The van der Waals surface area contributed by atoms with Gasteiger partial charge in [0.05, 0.1) is 0 Å². The highest BCUT2D eigenvalue weighted by atomic mass is 16.7. The van der Waals surface area contributed by atoms with Crippen LogP contribution in [0.2, 0.25) is 0 Å². The summed E-state index contributed by atoms with van der Waals surface area (Å²) in [5.74, 6) is 2.30. The predicted octanol–water partition coefficient (Wildman–Crippen LogP) is 2.26. The molecule has 0 unspecified atom stereocenters. The van der Waals surface area contributed by atoms with Crippen molar-refractivity contribution in [2.45, 2.75) is 19.8 Å². The first-order valence-electron chi connectivity index (χ1n) is 6.16. The largest absolute Gasteiger partial charge is 0.489 e. The Labute approximate surface area is 107 Å². The van der Waals surface area contributed by atoms with Crippen LogP contribution in [-0.4, -0.2) is 19.9 Å². The van der Waals surface area contributed by atoms with Gasteiger partial charge in [0.25, 0.3) is 0 Å². The third-order valence-corrected chi connectivity index (χ3v) is 2.90. The summed E-state index contributed by atoms with van der Waals surface area (Å²) >= 11 is 0. The molecule has 0 aliphatic carbocycles. The van der Waals surface area contributed by atoms with Crippen LogP contribution in [0.1, 0.15) is 18.9 Å². The van der Waals surface area contributed by atoms with Crippen LogP contribution < -0.4 is 19.9 Å². The molecule has 0 radical (unpaired) electrons. The molecule has 0 amide bonds. The minimum absolute atomic E-state index is 0.266. The Morgan fingerprint density at radius 3 is 2.78 bits per heavy atom. The number of ether oxygens (including phenoxy) is 3. The second-order valence-electron chi connectivity index (χ2n) is 4.24. The van der Waals surface area contributed by atoms with Crippen molar-refractivity contribution in [2.75, 3.05) is 19.9 Å². The van der Waals surface area contributed by atoms with Crippen LogP contribution in [0.15, 0.2) is 24.3 Å². The zero-order valence-electron chi connectivity index (χ0n) is 10.7. The molecule has 98 valence electrons. The number of benzene rings is 1. The third-order valence-electron chi connectivity index (χ3n) is 2.90. The molecule has 18 heavy (non-hydrogen) atoms. The van der Waals surface area contributed by atoms with Gasteiger partial charge in [-0.25, -0.2) is 0 Å². The lowest BCUT2D eigenvalue weighted by atomic mass is 10.1. The van der Waals surface area contributed by atoms with Crippen molar-refractivity contribution in [1.29, 1.82) is 0 Å². The number of nitrogens with two attached hydrogens (primary N) is 1. The molecule has 1 aromatic carbocycles. The van der Waals surface area contributed by atoms with Crippen molar-refractivity contribution in [3.63, 3.8) is 0 Å². The van der Waals surface area contributed by atoms with Gasteiger partial charge < -0.3 is 19.9 Å². The molecule has 4 nitrogen and oxygen atoms in total. The van der Waals surface area contributed by atoms with Crippen LogP contribution in [0, 0.1) is 0 Å². The van der Waals surface area contributed by atoms with E-state index in [1.807, 2.05) is 12.1 Å². The molecule has 0 aromatic heterocycles. The molecule has 1 aliphatic rings. The number of hydrogen-bond donors (Lipinski definition) is 1. The van der Waals surface area contributed by atoms with E-state index < -0.39 is 0 Å². The quantitative estimate of drug-likeness (QED) is 0.786. The van der Waals surface area contributed by atoms with Crippen molar-refractivity contribution >= 4 is 0 Å². The number of rotatable bonds is 6. The van der Waals surface area contributed by atoms with E-state index in [0.717, 1.165) is 41.2 Å². The topological polar surface area (TPSA) is 53.7 Å². The van der Waals surface area contributed by atoms with Gasteiger partial charge in [0.1, 0.15) is 12.4 Å². The number of hydrogen-bond acceptors (Lipinski definition) is 4. The molecule has 0 saturated carbocycles. The molecule has 0 fully saturated rings. The summed E-state index contributed by atoms with van der Waals surface area (Å²) in [6.45, 7) is 7.35. The minimum Gasteiger partial charge on any atom is -0.489 e. The molecule has 2 N–H and O–H groups in total. The molecular weight excluding hydrogens is 230 g/mol. The van der Waals surface area contributed by atoms with Crippen LogP contribution >= 0.6 is 0 Å². The van der Waals surface area contributed by atoms with Gasteiger partial charge in [0.15, 0.2) is 11.5 Å². The highest BCUT2D eigenvalue weighted by molar-refractivity contribution is 5.52. The fraction of sp³-hybridized carbons (Fsp3) is 0.429. The van der Waals surface area contributed by atoms with Gasteiger partial charge in [0, 0.05) is 6.07 Å². The Bertz CT molecular complexity index is 443. The lowest BCUT2D eigenvalue weighted by Gasteiger charge is -2.12. The Morgan fingerprint density at radius 2 is 2.11 bits per heavy atom. The standard InChI is InChI=1S/C14H19NO3/c1-3-10(2)8-16-12-7-14-13(17-9-18-14)6-11(12)4-5-15/h6-7H,2-5,8-9,15H2,1H3. The van der Waals surface area contributed by atoms with E-state index in [9.17, 15) is 0 Å². The molecule has 2 rings (SSSR count). The van der Waals surface area contributed by atoms with E-state index in [1.54, 1.807) is 0 Å². The van der Waals surface area contributed by atoms with Crippen molar-refractivity contribution in [2.24, 2.45) is 5.73 Å². The van der Waals surface area contributed by atoms with Crippen LogP contribution in [0.5, 0.6) is 17.2 Å². The molecule has 0 atom stereocenters. The summed E-state index contributed by atoms with van der Waals surface area (Å²) in [4.78, 5) is 0. The van der Waals surface area contributed by atoms with Gasteiger partial charge in [-0.1, -0.05) is 13.5 Å². The summed E-state index contributed by atoms with van der Waals surface area (Å²) in [5, 5.41) is 0. The molecule has 1 heterocycles. The Hall–Kier alpha value is -1.68. The van der Waals surface area contributed by atoms with E-state index in [0.29, 0.717) is 13.2 Å². The molecule has 1 aliphatic heterocycles. The smallest absolute Gasteiger partial charge is 0.231 e. The van der Waals surface area contributed by atoms with Crippen molar-refractivity contribution in [3.8, 4) is 17.2 Å². The summed E-state index contributed by atoms with van der Waals surface area (Å²) in [6, 6.07) is 3.81. The SMILES string of the molecule is C=C(CC)COc1cc2c(cc1CCN)OCO2. The van der Waals surface area contributed by atoms with E-state index in [-0.39, 0.29) is 6.79 Å². The fourth-order valence-electron chi connectivity index (χ4n) is 1.73. The molecule has 0 spiro atoms. The van der Waals surface area contributed by atoms with Crippen molar-refractivity contribution in [1.82, 2.24) is 0 Å². The average molecular weight is 249 g/mol. The fourth-order valence-corrected chi connectivity index (χ4v) is 1.73. The Morgan fingerprint density at radius 1 is 1.39 bits per heavy atom. The summed E-state index contributed by atoms with van der Waals surface area (Å²) < 4.78 is 16.5. The molecule has 0 bridgehead atoms. The molecule has 1 aromatic rings. The first kappa shape index (κ1) is 12.8. The van der Waals surface area contributed by atoms with Crippen molar-refractivity contribution in [3.05, 3.63) is 29.8 Å². The predicted molar refractivity (Wildman–Crippen MR) is 70.2 cm³/mol. The second-order valence-corrected chi connectivity index (χ2v) is 4.24. The number of fused-ring (bicyclic) bond motifs is 1. The molecular formula is C14H19NO3. The summed E-state index contributed by atoms with van der Waals surface area (Å²) in [7, 11) is 0. The summed E-state index contributed by atoms with van der Waals surface area (Å²) in [5.41, 5.74) is 7.72. The first-order valence-corrected chi connectivity index (χ1v) is 6.16. The van der Waals surface area contributed by atoms with Crippen LogP contribution in [0.4, 0.5) is 0 Å². The maximum absolute atomic E-state index is 5.78. The molecule has 4 heteroatoms. The first-order chi connectivity index (χ1) is 8.74. The minimum atomic E-state index is 0.266.